The third kappa shape index (κ3) is 4.21. The van der Waals surface area contributed by atoms with E-state index in [2.05, 4.69) is 15.4 Å². The number of hydrogen-bond donors (Lipinski definition) is 1. The van der Waals surface area contributed by atoms with Crippen LogP contribution in [0.2, 0.25) is 5.02 Å². The topological polar surface area (TPSA) is 81.8 Å². The van der Waals surface area contributed by atoms with Crippen LogP contribution in [0.5, 0.6) is 0 Å². The van der Waals surface area contributed by atoms with Crippen molar-refractivity contribution in [3.05, 3.63) is 81.5 Å². The van der Waals surface area contributed by atoms with Crippen molar-refractivity contribution in [2.24, 2.45) is 0 Å². The number of nitrogens with one attached hydrogen (secondary N) is 1. The molecule has 7 nitrogen and oxygen atoms in total. The van der Waals surface area contributed by atoms with Crippen molar-refractivity contribution < 1.29 is 18.0 Å². The minimum atomic E-state index is -5.00. The zero-order valence-electron chi connectivity index (χ0n) is 17.4. The number of amides is 1. The molecule has 4 rings (SSSR count). The lowest BCUT2D eigenvalue weighted by molar-refractivity contribution is -0.149. The van der Waals surface area contributed by atoms with Crippen LogP contribution < -0.4 is 10.9 Å². The molecule has 0 saturated carbocycles. The van der Waals surface area contributed by atoms with Crippen LogP contribution in [0.15, 0.2) is 59.4 Å². The minimum absolute atomic E-state index is 0.103. The number of carbonyl (C=O) groups excluding carboxylic acids is 1. The van der Waals surface area contributed by atoms with Gasteiger partial charge in [0.15, 0.2) is 5.65 Å². The molecule has 0 aliphatic rings. The summed E-state index contributed by atoms with van der Waals surface area (Å²) in [6.45, 7) is 2.69. The van der Waals surface area contributed by atoms with Crippen LogP contribution >= 0.6 is 11.6 Å². The van der Waals surface area contributed by atoms with Gasteiger partial charge in [-0.1, -0.05) is 35.9 Å². The summed E-state index contributed by atoms with van der Waals surface area (Å²) in [5, 5.41) is 6.94. The molecule has 0 saturated heterocycles. The Bertz CT molecular complexity index is 1410. The highest BCUT2D eigenvalue weighted by atomic mass is 35.5. The van der Waals surface area contributed by atoms with Gasteiger partial charge in [-0.15, -0.1) is 0 Å². The van der Waals surface area contributed by atoms with Crippen LogP contribution in [0.4, 0.5) is 18.9 Å². The second-order valence-electron chi connectivity index (χ2n) is 7.32. The third-order valence-electron chi connectivity index (χ3n) is 5.02. The molecule has 0 radical (unpaired) electrons. The lowest BCUT2D eigenvalue weighted by atomic mass is 10.2. The Morgan fingerprint density at radius 2 is 1.82 bits per heavy atom. The average Bonchev–Trinajstić information content (AvgIpc) is 3.10. The molecule has 0 fully saturated rings. The van der Waals surface area contributed by atoms with E-state index in [0.29, 0.717) is 15.3 Å². The summed E-state index contributed by atoms with van der Waals surface area (Å²) in [5.74, 6) is -2.33. The van der Waals surface area contributed by atoms with E-state index in [-0.39, 0.29) is 22.4 Å². The number of nitrogens with zero attached hydrogens (tertiary/aromatic N) is 4. The summed E-state index contributed by atoms with van der Waals surface area (Å²) < 4.78 is 43.5. The van der Waals surface area contributed by atoms with E-state index in [0.717, 1.165) is 0 Å². The van der Waals surface area contributed by atoms with Gasteiger partial charge in [0.25, 0.3) is 5.56 Å². The first kappa shape index (κ1) is 22.5. The van der Waals surface area contributed by atoms with E-state index in [1.54, 1.807) is 42.5 Å². The first-order chi connectivity index (χ1) is 15.6. The SMILES string of the molecule is Cc1nn(-c2ccccc2)c2nc(C(F)(F)F)n(C(C)C(=O)Nc3cccc(Cl)c3)c(=O)c12. The number of para-hydroxylation sites is 1. The summed E-state index contributed by atoms with van der Waals surface area (Å²) in [6, 6.07) is 13.0. The number of hydrogen-bond acceptors (Lipinski definition) is 4. The van der Waals surface area contributed by atoms with Crippen molar-refractivity contribution >= 4 is 34.2 Å². The number of alkyl halides is 3. The molecule has 4 aromatic rings. The molecule has 170 valence electrons. The largest absolute Gasteiger partial charge is 0.449 e. The van der Waals surface area contributed by atoms with Crippen LogP contribution in [0, 0.1) is 6.92 Å². The van der Waals surface area contributed by atoms with Gasteiger partial charge in [0.05, 0.1) is 11.4 Å². The summed E-state index contributed by atoms with van der Waals surface area (Å²) in [5.41, 5.74) is -0.338. The molecule has 2 heterocycles. The van der Waals surface area contributed by atoms with Gasteiger partial charge in [-0.25, -0.2) is 9.67 Å². The Labute approximate surface area is 190 Å². The van der Waals surface area contributed by atoms with E-state index in [9.17, 15) is 22.8 Å². The maximum Gasteiger partial charge on any atom is 0.449 e. The predicted octanol–water partition coefficient (Wildman–Crippen LogP) is 4.76. The number of halogens is 4. The van der Waals surface area contributed by atoms with Crippen LogP contribution in [0.1, 0.15) is 24.5 Å². The Hall–Kier alpha value is -3.66. The van der Waals surface area contributed by atoms with E-state index in [4.69, 9.17) is 11.6 Å². The average molecular weight is 476 g/mol. The van der Waals surface area contributed by atoms with Gasteiger partial charge in [0.1, 0.15) is 11.4 Å². The van der Waals surface area contributed by atoms with Crippen molar-refractivity contribution in [2.45, 2.75) is 26.1 Å². The molecule has 0 spiro atoms. The fourth-order valence-corrected chi connectivity index (χ4v) is 3.67. The maximum absolute atomic E-state index is 14.0. The molecule has 0 aliphatic heterocycles. The molecule has 1 N–H and O–H groups in total. The number of carbonyl (C=O) groups is 1. The smallest absolute Gasteiger partial charge is 0.324 e. The van der Waals surface area contributed by atoms with Crippen LogP contribution in [-0.4, -0.2) is 25.2 Å². The van der Waals surface area contributed by atoms with Gasteiger partial charge in [0.2, 0.25) is 11.7 Å². The van der Waals surface area contributed by atoms with Gasteiger partial charge >= 0.3 is 6.18 Å². The fourth-order valence-electron chi connectivity index (χ4n) is 3.48. The molecule has 2 aromatic heterocycles. The molecule has 0 bridgehead atoms. The molecular weight excluding hydrogens is 459 g/mol. The van der Waals surface area contributed by atoms with Gasteiger partial charge < -0.3 is 5.32 Å². The lowest BCUT2D eigenvalue weighted by Gasteiger charge is -2.20. The van der Waals surface area contributed by atoms with Crippen LogP contribution in [-0.2, 0) is 11.0 Å². The van der Waals surface area contributed by atoms with Gasteiger partial charge in [0, 0.05) is 10.7 Å². The highest BCUT2D eigenvalue weighted by Crippen LogP contribution is 2.31. The lowest BCUT2D eigenvalue weighted by Crippen LogP contribution is -2.37. The zero-order valence-corrected chi connectivity index (χ0v) is 18.1. The zero-order chi connectivity index (χ0) is 23.9. The Balaban J connectivity index is 1.89. The quantitative estimate of drug-likeness (QED) is 0.461. The first-order valence-electron chi connectivity index (χ1n) is 9.79. The molecular formula is C22H17ClF3N5O2. The summed E-state index contributed by atoms with van der Waals surface area (Å²) in [4.78, 5) is 29.8. The fraction of sp³-hybridized carbons (Fsp3) is 0.182. The highest BCUT2D eigenvalue weighted by Gasteiger charge is 2.40. The summed E-state index contributed by atoms with van der Waals surface area (Å²) in [7, 11) is 0. The number of aromatic nitrogens is 4. The molecule has 2 aromatic carbocycles. The Kier molecular flexibility index (Phi) is 5.71. The van der Waals surface area contributed by atoms with Crippen molar-refractivity contribution in [3.8, 4) is 5.69 Å². The molecule has 0 aliphatic carbocycles. The highest BCUT2D eigenvalue weighted by molar-refractivity contribution is 6.30. The van der Waals surface area contributed by atoms with Gasteiger partial charge in [-0.05, 0) is 44.2 Å². The molecule has 1 unspecified atom stereocenters. The number of fused-ring (bicyclic) bond motifs is 1. The van der Waals surface area contributed by atoms with E-state index in [1.165, 1.54) is 30.7 Å². The van der Waals surface area contributed by atoms with E-state index >= 15 is 0 Å². The maximum atomic E-state index is 14.0. The standard InChI is InChI=1S/C22H17ClF3N5O2/c1-12-17-18(31(29-12)16-9-4-3-5-10-16)28-21(22(24,25)26)30(20(17)33)13(2)19(32)27-15-8-6-7-14(23)11-15/h3-11,13H,1-2H3,(H,27,32). The van der Waals surface area contributed by atoms with Gasteiger partial charge in [-0.2, -0.15) is 18.3 Å². The van der Waals surface area contributed by atoms with Gasteiger partial charge in [-0.3, -0.25) is 14.2 Å². The summed E-state index contributed by atoms with van der Waals surface area (Å²) >= 11 is 5.90. The number of rotatable bonds is 4. The van der Waals surface area contributed by atoms with Crippen LogP contribution in [0.25, 0.3) is 16.7 Å². The monoisotopic (exact) mass is 475 g/mol. The second kappa shape index (κ2) is 8.36. The van der Waals surface area contributed by atoms with E-state index < -0.39 is 29.5 Å². The van der Waals surface area contributed by atoms with Crippen molar-refractivity contribution in [1.82, 2.24) is 19.3 Å². The number of aryl methyl sites for hydroxylation is 1. The minimum Gasteiger partial charge on any atom is -0.324 e. The normalized spacial score (nSPS) is 12.7. The third-order valence-corrected chi connectivity index (χ3v) is 5.26. The van der Waals surface area contributed by atoms with Crippen molar-refractivity contribution in [1.29, 1.82) is 0 Å². The molecule has 1 atom stereocenters. The Morgan fingerprint density at radius 3 is 2.45 bits per heavy atom. The van der Waals surface area contributed by atoms with Crippen molar-refractivity contribution in [2.75, 3.05) is 5.32 Å². The van der Waals surface area contributed by atoms with Crippen molar-refractivity contribution in [3.63, 3.8) is 0 Å². The number of benzene rings is 2. The summed E-state index contributed by atoms with van der Waals surface area (Å²) in [6.07, 6.45) is -5.00. The second-order valence-corrected chi connectivity index (χ2v) is 7.75. The molecule has 1 amide bonds. The van der Waals surface area contributed by atoms with Crippen LogP contribution in [0.3, 0.4) is 0 Å². The predicted molar refractivity (Wildman–Crippen MR) is 118 cm³/mol. The van der Waals surface area contributed by atoms with E-state index in [1.807, 2.05) is 0 Å². The Morgan fingerprint density at radius 1 is 1.12 bits per heavy atom. The molecule has 11 heteroatoms. The number of anilines is 1. The molecule has 33 heavy (non-hydrogen) atoms. The first-order valence-corrected chi connectivity index (χ1v) is 10.2.